The molecule has 4 heteroatoms. The third-order valence-electron chi connectivity index (χ3n) is 10.5. The molecule has 5 atom stereocenters. The van der Waals surface area contributed by atoms with Crippen molar-refractivity contribution < 1.29 is 12.6 Å². The SMILES string of the molecule is Cc1ccc(S(=O)(=O)OC[C@@H]2[C@@H]3C[C@H]4C[C@@H](C3)C(=C3C5CC6CC(C5)CC3C6)[C@@H]2C4)cc1. The van der Waals surface area contributed by atoms with Crippen molar-refractivity contribution in [2.45, 2.75) is 69.6 Å². The van der Waals surface area contributed by atoms with Crippen LogP contribution in [0.3, 0.4) is 0 Å². The maximum atomic E-state index is 12.9. The van der Waals surface area contributed by atoms with Crippen LogP contribution in [0.2, 0.25) is 0 Å². The third-order valence-corrected chi connectivity index (χ3v) is 11.8. The minimum Gasteiger partial charge on any atom is -0.266 e. The Morgan fingerprint density at radius 1 is 0.750 bits per heavy atom. The molecule has 9 rings (SSSR count). The number of aryl methyl sites for hydroxylation is 1. The Morgan fingerprint density at radius 3 is 2.00 bits per heavy atom. The Hall–Kier alpha value is -1.13. The second-order valence-corrected chi connectivity index (χ2v) is 13.9. The van der Waals surface area contributed by atoms with Crippen LogP contribution in [0, 0.1) is 60.2 Å². The average molecular weight is 453 g/mol. The molecule has 0 heterocycles. The number of allylic oxidation sites excluding steroid dienone is 2. The summed E-state index contributed by atoms with van der Waals surface area (Å²) in [5.41, 5.74) is 4.81. The zero-order valence-corrected chi connectivity index (χ0v) is 20.0. The summed E-state index contributed by atoms with van der Waals surface area (Å²) in [5, 5.41) is 0. The molecule has 0 saturated heterocycles. The van der Waals surface area contributed by atoms with Crippen molar-refractivity contribution in [1.29, 1.82) is 0 Å². The molecule has 0 radical (unpaired) electrons. The van der Waals surface area contributed by atoms with Gasteiger partial charge in [-0.1, -0.05) is 28.8 Å². The molecule has 0 aromatic heterocycles. The molecule has 1 aromatic rings. The molecular formula is C28H36O3S. The van der Waals surface area contributed by atoms with E-state index in [1.54, 1.807) is 12.1 Å². The van der Waals surface area contributed by atoms with Gasteiger partial charge in [-0.2, -0.15) is 8.42 Å². The first-order valence-electron chi connectivity index (χ1n) is 13.1. The summed E-state index contributed by atoms with van der Waals surface area (Å²) < 4.78 is 31.6. The Morgan fingerprint density at radius 2 is 1.34 bits per heavy atom. The summed E-state index contributed by atoms with van der Waals surface area (Å²) >= 11 is 0. The van der Waals surface area contributed by atoms with E-state index in [2.05, 4.69) is 0 Å². The molecule has 172 valence electrons. The first kappa shape index (κ1) is 20.3. The Bertz CT molecular complexity index is 1020. The van der Waals surface area contributed by atoms with Gasteiger partial charge < -0.3 is 0 Å². The van der Waals surface area contributed by atoms with Crippen LogP contribution < -0.4 is 0 Å². The number of benzene rings is 1. The van der Waals surface area contributed by atoms with Crippen LogP contribution in [0.25, 0.3) is 0 Å². The predicted octanol–water partition coefficient (Wildman–Crippen LogP) is 6.14. The summed E-state index contributed by atoms with van der Waals surface area (Å²) in [6, 6.07) is 7.08. The highest BCUT2D eigenvalue weighted by Gasteiger charge is 2.55. The van der Waals surface area contributed by atoms with Gasteiger partial charge in [0.15, 0.2) is 0 Å². The van der Waals surface area contributed by atoms with E-state index in [1.807, 2.05) is 30.2 Å². The fourth-order valence-electron chi connectivity index (χ4n) is 9.61. The first-order chi connectivity index (χ1) is 15.4. The van der Waals surface area contributed by atoms with Crippen molar-refractivity contribution in [3.8, 4) is 0 Å². The largest absolute Gasteiger partial charge is 0.296 e. The minimum absolute atomic E-state index is 0.298. The number of hydrogen-bond acceptors (Lipinski definition) is 3. The summed E-state index contributed by atoms with van der Waals surface area (Å²) in [6.07, 6.45) is 12.6. The lowest BCUT2D eigenvalue weighted by Gasteiger charge is -2.60. The lowest BCUT2D eigenvalue weighted by Crippen LogP contribution is -2.51. The van der Waals surface area contributed by atoms with Crippen molar-refractivity contribution in [2.24, 2.45) is 53.3 Å². The monoisotopic (exact) mass is 452 g/mol. The third kappa shape index (κ3) is 3.11. The highest BCUT2D eigenvalue weighted by molar-refractivity contribution is 7.86. The normalized spacial score (nSPS) is 44.0. The Kier molecular flexibility index (Phi) is 4.55. The van der Waals surface area contributed by atoms with Crippen molar-refractivity contribution in [3.63, 3.8) is 0 Å². The van der Waals surface area contributed by atoms with Crippen molar-refractivity contribution in [2.75, 3.05) is 6.61 Å². The van der Waals surface area contributed by atoms with Gasteiger partial charge in [0.25, 0.3) is 10.1 Å². The zero-order valence-electron chi connectivity index (χ0n) is 19.2. The molecule has 8 bridgehead atoms. The molecular weight excluding hydrogens is 416 g/mol. The van der Waals surface area contributed by atoms with Gasteiger partial charge in [0, 0.05) is 0 Å². The van der Waals surface area contributed by atoms with Crippen LogP contribution in [-0.2, 0) is 14.3 Å². The molecule has 8 aliphatic carbocycles. The standard InChI is InChI=1S/C28H36O3S/c1-16-2-4-24(5-3-16)32(29,30)31-15-26-20-7-19-12-23(14-20)28(25(26)13-19)27-21-8-17-6-18(10-21)11-22(27)9-17/h2-5,17-23,25-26H,6-15H2,1H3/t17?,18?,19-,20+,21?,22?,23-,25+,26+/m0/s1. The van der Waals surface area contributed by atoms with Gasteiger partial charge in [0.05, 0.1) is 11.5 Å². The average Bonchev–Trinajstić information content (AvgIpc) is 2.74. The Labute approximate surface area is 193 Å². The second-order valence-electron chi connectivity index (χ2n) is 12.3. The van der Waals surface area contributed by atoms with Gasteiger partial charge in [0.2, 0.25) is 0 Å². The van der Waals surface area contributed by atoms with Gasteiger partial charge in [-0.25, -0.2) is 0 Å². The lowest BCUT2D eigenvalue weighted by molar-refractivity contribution is -0.0187. The summed E-state index contributed by atoms with van der Waals surface area (Å²) in [7, 11) is -3.68. The van der Waals surface area contributed by atoms with Crippen molar-refractivity contribution in [3.05, 3.63) is 41.0 Å². The fourth-order valence-corrected chi connectivity index (χ4v) is 10.6. The van der Waals surface area contributed by atoms with E-state index >= 15 is 0 Å². The maximum absolute atomic E-state index is 12.9. The van der Waals surface area contributed by atoms with Gasteiger partial charge in [0.1, 0.15) is 0 Å². The summed E-state index contributed by atoms with van der Waals surface area (Å²) in [4.78, 5) is 0.298. The highest BCUT2D eigenvalue weighted by atomic mass is 32.2. The fraction of sp³-hybridized carbons (Fsp3) is 0.714. The second kappa shape index (κ2) is 7.18. The lowest BCUT2D eigenvalue weighted by atomic mass is 9.46. The van der Waals surface area contributed by atoms with Crippen LogP contribution in [0.1, 0.15) is 63.4 Å². The molecule has 0 aliphatic heterocycles. The van der Waals surface area contributed by atoms with Crippen LogP contribution in [-0.4, -0.2) is 15.0 Å². The zero-order chi connectivity index (χ0) is 21.6. The molecule has 0 unspecified atom stereocenters. The van der Waals surface area contributed by atoms with E-state index in [9.17, 15) is 8.42 Å². The van der Waals surface area contributed by atoms with Crippen LogP contribution in [0.15, 0.2) is 40.3 Å². The van der Waals surface area contributed by atoms with E-state index < -0.39 is 10.1 Å². The molecule has 0 spiro atoms. The molecule has 8 fully saturated rings. The van der Waals surface area contributed by atoms with Crippen LogP contribution >= 0.6 is 0 Å². The maximum Gasteiger partial charge on any atom is 0.296 e. The molecule has 8 aliphatic rings. The summed E-state index contributed by atoms with van der Waals surface area (Å²) in [5.74, 6) is 7.02. The van der Waals surface area contributed by atoms with Crippen molar-refractivity contribution >= 4 is 10.1 Å². The van der Waals surface area contributed by atoms with E-state index in [4.69, 9.17) is 4.18 Å². The number of hydrogen-bond donors (Lipinski definition) is 0. The van der Waals surface area contributed by atoms with E-state index in [1.165, 1.54) is 57.8 Å². The van der Waals surface area contributed by atoms with Gasteiger partial charge in [-0.15, -0.1) is 0 Å². The molecule has 1 aromatic carbocycles. The highest BCUT2D eigenvalue weighted by Crippen LogP contribution is 2.64. The molecule has 8 saturated carbocycles. The Balaban J connectivity index is 1.18. The predicted molar refractivity (Wildman–Crippen MR) is 124 cm³/mol. The van der Waals surface area contributed by atoms with Gasteiger partial charge in [-0.3, -0.25) is 4.18 Å². The minimum atomic E-state index is -3.68. The quantitative estimate of drug-likeness (QED) is 0.407. The first-order valence-corrected chi connectivity index (χ1v) is 14.6. The topological polar surface area (TPSA) is 43.4 Å². The van der Waals surface area contributed by atoms with E-state index in [0.717, 1.165) is 41.1 Å². The van der Waals surface area contributed by atoms with Crippen molar-refractivity contribution in [1.82, 2.24) is 0 Å². The molecule has 3 nitrogen and oxygen atoms in total. The molecule has 0 amide bonds. The van der Waals surface area contributed by atoms with E-state index in [-0.39, 0.29) is 0 Å². The molecule has 32 heavy (non-hydrogen) atoms. The van der Waals surface area contributed by atoms with Gasteiger partial charge >= 0.3 is 0 Å². The van der Waals surface area contributed by atoms with Gasteiger partial charge in [-0.05, 0) is 130 Å². The van der Waals surface area contributed by atoms with E-state index in [0.29, 0.717) is 29.3 Å². The summed E-state index contributed by atoms with van der Waals surface area (Å²) in [6.45, 7) is 2.35. The smallest absolute Gasteiger partial charge is 0.266 e. The van der Waals surface area contributed by atoms with Crippen LogP contribution in [0.5, 0.6) is 0 Å². The number of rotatable bonds is 4. The molecule has 0 N–H and O–H groups in total. The van der Waals surface area contributed by atoms with Crippen LogP contribution in [0.4, 0.5) is 0 Å².